The fourth-order valence-corrected chi connectivity index (χ4v) is 17.5. The summed E-state index contributed by atoms with van der Waals surface area (Å²) < 4.78 is 74.7. The molecule has 1 aliphatic heterocycles. The fourth-order valence-electron chi connectivity index (χ4n) is 16.1. The standard InChI is InChI=1S/C101H168NO17P/c1-7-13-19-25-31-34-40-43-54-66-85(91(104)73-61-46-37-28-22-16-10-4)78-97(109)116-100-98(102-94(106)80-90(72-56-45-42-36-33-27-21-15-9-3)114-96(108)75-63-48-39-30-24-18-12-6)101(115-93(81-103)99(100)119-120(110,117-87-67-57-50-58-68-87)118-88-69-59-51-60-70-88)112-77-76-86(83-111-82-84-64-52-49-53-65-84)92(105)79-89(71-55-44-41-35-32-26-20-14-8-2)113-95(107)74-62-47-38-29-23-17-11-5/h49-53,57-60,64-65,67-70,85-86,89-90,93,98-101,103H,7-48,54-56,61-63,66,71-83H2,1-6H3,(H,102,106)/t85-,86+,89-,90-,93-,98-,99-,100-,101?/m1/s1. The van der Waals surface area contributed by atoms with Crippen molar-refractivity contribution in [3.05, 3.63) is 96.6 Å². The lowest BCUT2D eigenvalue weighted by Gasteiger charge is -2.45. The predicted molar refractivity (Wildman–Crippen MR) is 485 cm³/mol. The molecule has 19 heteroatoms. The number of Topliss-reactive ketones (excluding diaryl/α,β-unsaturated/α-hetero) is 2. The third-order valence-corrected chi connectivity index (χ3v) is 24.8. The predicted octanol–water partition coefficient (Wildman–Crippen LogP) is 26.9. The Hall–Kier alpha value is -5.49. The lowest BCUT2D eigenvalue weighted by atomic mass is 9.90. The van der Waals surface area contributed by atoms with Gasteiger partial charge >= 0.3 is 25.7 Å². The number of amides is 1. The second-order valence-electron chi connectivity index (χ2n) is 34.4. The summed E-state index contributed by atoms with van der Waals surface area (Å²) in [6.45, 7) is 12.4. The molecule has 0 spiro atoms. The molecule has 9 atom stereocenters. The van der Waals surface area contributed by atoms with Crippen molar-refractivity contribution in [2.45, 2.75) is 463 Å². The Balaban J connectivity index is 1.88. The Morgan fingerprint density at radius 3 is 1.19 bits per heavy atom. The number of phosphoric ester groups is 1. The Kier molecular flexibility index (Phi) is 63.9. The second-order valence-corrected chi connectivity index (χ2v) is 35.9. The Bertz CT molecular complexity index is 3010. The minimum Gasteiger partial charge on any atom is -0.462 e. The van der Waals surface area contributed by atoms with Gasteiger partial charge in [0.25, 0.3) is 0 Å². The van der Waals surface area contributed by atoms with Crippen LogP contribution in [0.4, 0.5) is 0 Å². The molecule has 1 unspecified atom stereocenters. The van der Waals surface area contributed by atoms with Crippen molar-refractivity contribution in [1.29, 1.82) is 0 Å². The number of rotatable bonds is 81. The van der Waals surface area contributed by atoms with Crippen LogP contribution in [0.1, 0.15) is 420 Å². The van der Waals surface area contributed by atoms with Gasteiger partial charge in [-0.15, -0.1) is 0 Å². The van der Waals surface area contributed by atoms with Gasteiger partial charge in [0.05, 0.1) is 39.3 Å². The molecule has 3 aromatic rings. The van der Waals surface area contributed by atoms with E-state index in [2.05, 4.69) is 46.9 Å². The molecule has 0 aliphatic carbocycles. The van der Waals surface area contributed by atoms with E-state index in [9.17, 15) is 19.5 Å². The SMILES string of the molecule is CCCCCCCCCCC[C@H](CC(=O)N[C@H]1C(OCC[C@@H](COCc2ccccc2)C(=O)C[C@@H](CCCCCCCCCCC)OC(=O)CCCCCCCCC)O[C@H](CO)[C@@H](OP(=O)(Oc2ccccc2)Oc2ccccc2)[C@@H]1OC(=O)C[C@@H](CCCCCCCCCCC)C(=O)CCCCCCCCC)OC(=O)CCCCCCCCC. The maximum Gasteiger partial charge on any atom is 0.588 e. The topological polar surface area (TPSA) is 235 Å². The third-order valence-electron chi connectivity index (χ3n) is 23.4. The molecule has 1 heterocycles. The highest BCUT2D eigenvalue weighted by atomic mass is 31.2. The quantitative estimate of drug-likeness (QED) is 0.0231. The van der Waals surface area contributed by atoms with Crippen LogP contribution in [0.25, 0.3) is 0 Å². The zero-order valence-corrected chi connectivity index (χ0v) is 77.0. The number of carbonyl (C=O) groups excluding carboxylic acids is 6. The summed E-state index contributed by atoms with van der Waals surface area (Å²) in [6.07, 6.45) is 43.9. The number of benzene rings is 3. The van der Waals surface area contributed by atoms with Gasteiger partial charge < -0.3 is 47.9 Å². The number of unbranched alkanes of at least 4 members (excludes halogenated alkanes) is 42. The van der Waals surface area contributed by atoms with Crippen molar-refractivity contribution in [2.75, 3.05) is 19.8 Å². The molecule has 0 bridgehead atoms. The zero-order valence-electron chi connectivity index (χ0n) is 76.1. The van der Waals surface area contributed by atoms with E-state index in [0.29, 0.717) is 57.8 Å². The number of hydrogen-bond acceptors (Lipinski definition) is 17. The number of ketones is 2. The molecule has 0 saturated carbocycles. The van der Waals surface area contributed by atoms with Crippen molar-refractivity contribution >= 4 is 43.2 Å². The van der Waals surface area contributed by atoms with E-state index < -0.39 is 87.0 Å². The average molecular weight is 1700 g/mol. The van der Waals surface area contributed by atoms with Crippen LogP contribution in [-0.2, 0) is 72.9 Å². The number of phosphoric acid groups is 1. The van der Waals surface area contributed by atoms with E-state index in [4.69, 9.17) is 42.0 Å². The molecule has 1 aliphatic rings. The number of carbonyl (C=O) groups is 6. The molecule has 4 rings (SSSR count). The molecule has 1 fully saturated rings. The largest absolute Gasteiger partial charge is 0.588 e. The van der Waals surface area contributed by atoms with Crippen LogP contribution < -0.4 is 14.4 Å². The summed E-state index contributed by atoms with van der Waals surface area (Å²) in [4.78, 5) is 89.0. The smallest absolute Gasteiger partial charge is 0.462 e. The minimum absolute atomic E-state index is 0.0248. The number of esters is 3. The summed E-state index contributed by atoms with van der Waals surface area (Å²) in [7, 11) is -4.99. The second kappa shape index (κ2) is 71.8. The number of hydrogen-bond donors (Lipinski definition) is 2. The zero-order chi connectivity index (χ0) is 86.4. The number of aliphatic hydroxyl groups is 1. The van der Waals surface area contributed by atoms with Gasteiger partial charge in [-0.3, -0.25) is 33.3 Å². The average Bonchev–Trinajstić information content (AvgIpc) is 0.771. The monoisotopic (exact) mass is 1700 g/mol. The first-order valence-corrected chi connectivity index (χ1v) is 50.3. The van der Waals surface area contributed by atoms with Crippen LogP contribution in [0.2, 0.25) is 0 Å². The molecule has 3 aromatic carbocycles. The van der Waals surface area contributed by atoms with Crippen molar-refractivity contribution in [1.82, 2.24) is 5.32 Å². The number of para-hydroxylation sites is 2. The van der Waals surface area contributed by atoms with Gasteiger partial charge in [0.2, 0.25) is 5.91 Å². The van der Waals surface area contributed by atoms with Gasteiger partial charge in [0.1, 0.15) is 53.5 Å². The van der Waals surface area contributed by atoms with Crippen LogP contribution >= 0.6 is 7.82 Å². The minimum atomic E-state index is -4.99. The summed E-state index contributed by atoms with van der Waals surface area (Å²) in [5, 5.41) is 14.9. The van der Waals surface area contributed by atoms with E-state index >= 15 is 18.9 Å². The first kappa shape index (κ1) is 107. The Labute approximate surface area is 728 Å². The van der Waals surface area contributed by atoms with Gasteiger partial charge in [-0.05, 0) is 87.6 Å². The van der Waals surface area contributed by atoms with E-state index in [1.165, 1.54) is 103 Å². The number of nitrogens with one attached hydrogen (secondary N) is 1. The molecule has 18 nitrogen and oxygen atoms in total. The summed E-state index contributed by atoms with van der Waals surface area (Å²) in [5.74, 6) is -3.72. The lowest BCUT2D eigenvalue weighted by Crippen LogP contribution is -2.66. The molecule has 0 radical (unpaired) electrons. The molecular formula is C101H168NO17P. The summed E-state index contributed by atoms with van der Waals surface area (Å²) in [5.41, 5.74) is 0.905. The highest BCUT2D eigenvalue weighted by molar-refractivity contribution is 7.49. The van der Waals surface area contributed by atoms with Crippen LogP contribution in [0, 0.1) is 11.8 Å². The van der Waals surface area contributed by atoms with Crippen molar-refractivity contribution in [3.63, 3.8) is 0 Å². The highest BCUT2D eigenvalue weighted by Crippen LogP contribution is 2.53. The normalized spacial score (nSPS) is 16.4. The number of ether oxygens (including phenoxy) is 6. The summed E-state index contributed by atoms with van der Waals surface area (Å²) >= 11 is 0. The summed E-state index contributed by atoms with van der Waals surface area (Å²) in [6, 6.07) is 24.7. The van der Waals surface area contributed by atoms with Crippen LogP contribution in [-0.4, -0.2) is 103 Å². The molecule has 684 valence electrons. The third kappa shape index (κ3) is 52.3. The van der Waals surface area contributed by atoms with Crippen molar-refractivity contribution in [3.8, 4) is 11.5 Å². The van der Waals surface area contributed by atoms with E-state index in [0.717, 1.165) is 179 Å². The van der Waals surface area contributed by atoms with Gasteiger partial charge in [0.15, 0.2) is 12.4 Å². The first-order valence-electron chi connectivity index (χ1n) is 48.9. The van der Waals surface area contributed by atoms with Gasteiger partial charge in [0, 0.05) is 37.5 Å². The van der Waals surface area contributed by atoms with Gasteiger partial charge in [-0.2, -0.15) is 0 Å². The van der Waals surface area contributed by atoms with Crippen LogP contribution in [0.3, 0.4) is 0 Å². The van der Waals surface area contributed by atoms with Gasteiger partial charge in [-0.25, -0.2) is 4.57 Å². The Morgan fingerprint density at radius 2 is 0.775 bits per heavy atom. The first-order chi connectivity index (χ1) is 58.7. The van der Waals surface area contributed by atoms with Crippen molar-refractivity contribution < 1.29 is 80.4 Å². The molecular weight excluding hydrogens is 1530 g/mol. The maximum absolute atomic E-state index is 15.9. The molecule has 120 heavy (non-hydrogen) atoms. The van der Waals surface area contributed by atoms with E-state index in [1.807, 2.05) is 30.3 Å². The molecule has 1 saturated heterocycles. The fraction of sp³-hybridized carbons (Fsp3) is 0.762. The molecule has 1 amide bonds. The Morgan fingerprint density at radius 1 is 0.400 bits per heavy atom. The lowest BCUT2D eigenvalue weighted by molar-refractivity contribution is -0.271. The maximum atomic E-state index is 15.9. The van der Waals surface area contributed by atoms with Crippen LogP contribution in [0.15, 0.2) is 91.0 Å². The van der Waals surface area contributed by atoms with Crippen LogP contribution in [0.5, 0.6) is 11.5 Å². The molecule has 2 N–H and O–H groups in total. The van der Waals surface area contributed by atoms with Gasteiger partial charge in [-0.1, -0.05) is 384 Å². The molecule has 0 aromatic heterocycles. The van der Waals surface area contributed by atoms with Crippen molar-refractivity contribution in [2.24, 2.45) is 11.8 Å². The highest BCUT2D eigenvalue weighted by Gasteiger charge is 2.54. The van der Waals surface area contributed by atoms with E-state index in [-0.39, 0.29) is 87.4 Å². The number of aliphatic hydroxyl groups excluding tert-OH is 1. The van der Waals surface area contributed by atoms with E-state index in [1.54, 1.807) is 60.7 Å².